The van der Waals surface area contributed by atoms with Gasteiger partial charge in [-0.3, -0.25) is 0 Å². The fourth-order valence-electron chi connectivity index (χ4n) is 3.49. The predicted molar refractivity (Wildman–Crippen MR) is 109 cm³/mol. The highest BCUT2D eigenvalue weighted by atomic mass is 32.2. The molecule has 0 spiro atoms. The molecule has 0 bridgehead atoms. The number of imidazole rings is 1. The van der Waals surface area contributed by atoms with Crippen LogP contribution in [0.5, 0.6) is 0 Å². The van der Waals surface area contributed by atoms with Crippen LogP contribution in [0.3, 0.4) is 0 Å². The molecule has 2 aromatic carbocycles. The second kappa shape index (κ2) is 8.34. The van der Waals surface area contributed by atoms with E-state index in [0.29, 0.717) is 24.5 Å². The molecule has 1 aliphatic rings. The number of carbonyl (C=O) groups excluding carboxylic acids is 1. The molecular formula is C21H23N3O4S. The van der Waals surface area contributed by atoms with Crippen molar-refractivity contribution in [2.24, 2.45) is 0 Å². The monoisotopic (exact) mass is 413 g/mol. The summed E-state index contributed by atoms with van der Waals surface area (Å²) in [7, 11) is -3.53. The molecule has 1 fully saturated rings. The smallest absolute Gasteiger partial charge is 0.338 e. The summed E-state index contributed by atoms with van der Waals surface area (Å²) in [6, 6.07) is 13.5. The number of hydrogen-bond acceptors (Lipinski definition) is 5. The van der Waals surface area contributed by atoms with Crippen molar-refractivity contribution >= 4 is 27.0 Å². The number of para-hydroxylation sites is 2. The molecule has 0 atom stereocenters. The molecule has 7 nitrogen and oxygen atoms in total. The van der Waals surface area contributed by atoms with Gasteiger partial charge < -0.3 is 9.72 Å². The Balaban J connectivity index is 1.42. The standard InChI is InChI=1S/C21H23N3O4S/c25-21(28-15-20-22-18-7-3-4-8-19(18)23-20)16-9-11-17(12-10-16)29(26,27)24-13-5-1-2-6-14-24/h3-4,7-12H,1-2,5-6,13-15H2,(H,22,23). The van der Waals surface area contributed by atoms with Gasteiger partial charge in [-0.05, 0) is 49.2 Å². The van der Waals surface area contributed by atoms with Gasteiger partial charge in [0.15, 0.2) is 0 Å². The van der Waals surface area contributed by atoms with E-state index in [1.807, 2.05) is 24.3 Å². The summed E-state index contributed by atoms with van der Waals surface area (Å²) in [6.45, 7) is 1.11. The second-order valence-corrected chi connectivity index (χ2v) is 9.06. The molecule has 8 heteroatoms. The van der Waals surface area contributed by atoms with Gasteiger partial charge in [0.2, 0.25) is 10.0 Å². The van der Waals surface area contributed by atoms with Crippen LogP contribution >= 0.6 is 0 Å². The third kappa shape index (κ3) is 4.33. The number of H-pyrrole nitrogens is 1. The SMILES string of the molecule is O=C(OCc1nc2ccccc2[nH]1)c1ccc(S(=O)(=O)N2CCCCCC2)cc1. The molecule has 2 heterocycles. The molecule has 1 aromatic heterocycles. The number of sulfonamides is 1. The van der Waals surface area contributed by atoms with E-state index >= 15 is 0 Å². The van der Waals surface area contributed by atoms with E-state index in [-0.39, 0.29) is 11.5 Å². The van der Waals surface area contributed by atoms with E-state index in [2.05, 4.69) is 9.97 Å². The fraction of sp³-hybridized carbons (Fsp3) is 0.333. The summed E-state index contributed by atoms with van der Waals surface area (Å²) < 4.78 is 32.5. The molecule has 0 aliphatic carbocycles. The molecular weight excluding hydrogens is 390 g/mol. The van der Waals surface area contributed by atoms with Crippen molar-refractivity contribution in [1.29, 1.82) is 0 Å². The summed E-state index contributed by atoms with van der Waals surface area (Å²) >= 11 is 0. The van der Waals surface area contributed by atoms with Gasteiger partial charge in [-0.2, -0.15) is 4.31 Å². The van der Waals surface area contributed by atoms with E-state index < -0.39 is 16.0 Å². The minimum Gasteiger partial charge on any atom is -0.454 e. The Labute approximate surface area is 169 Å². The van der Waals surface area contributed by atoms with Gasteiger partial charge in [0.1, 0.15) is 12.4 Å². The summed E-state index contributed by atoms with van der Waals surface area (Å²) in [4.78, 5) is 20.0. The van der Waals surface area contributed by atoms with E-state index in [0.717, 1.165) is 36.7 Å². The maximum Gasteiger partial charge on any atom is 0.338 e. The number of aromatic nitrogens is 2. The second-order valence-electron chi connectivity index (χ2n) is 7.12. The number of carbonyl (C=O) groups is 1. The first-order chi connectivity index (χ1) is 14.0. The zero-order chi connectivity index (χ0) is 20.3. The number of nitrogens with zero attached hydrogens (tertiary/aromatic N) is 2. The molecule has 1 aliphatic heterocycles. The van der Waals surface area contributed by atoms with Crippen LogP contribution in [0.2, 0.25) is 0 Å². The lowest BCUT2D eigenvalue weighted by atomic mass is 10.2. The van der Waals surface area contributed by atoms with Crippen LogP contribution in [0.1, 0.15) is 41.9 Å². The van der Waals surface area contributed by atoms with Gasteiger partial charge in [-0.25, -0.2) is 18.2 Å². The predicted octanol–water partition coefficient (Wildman–Crippen LogP) is 3.48. The average Bonchev–Trinajstić information content (AvgIpc) is 2.94. The number of fused-ring (bicyclic) bond motifs is 1. The molecule has 0 radical (unpaired) electrons. The van der Waals surface area contributed by atoms with Crippen molar-refractivity contribution in [1.82, 2.24) is 14.3 Å². The molecule has 0 saturated carbocycles. The molecule has 3 aromatic rings. The quantitative estimate of drug-likeness (QED) is 0.647. The maximum atomic E-state index is 12.8. The van der Waals surface area contributed by atoms with Gasteiger partial charge in [0.05, 0.1) is 21.5 Å². The average molecular weight is 413 g/mol. The minimum absolute atomic E-state index is 0.0152. The van der Waals surface area contributed by atoms with E-state index in [9.17, 15) is 13.2 Å². The highest BCUT2D eigenvalue weighted by molar-refractivity contribution is 7.89. The lowest BCUT2D eigenvalue weighted by molar-refractivity contribution is 0.0463. The number of esters is 1. The van der Waals surface area contributed by atoms with Crippen LogP contribution in [0.15, 0.2) is 53.4 Å². The Morgan fingerprint density at radius 2 is 1.69 bits per heavy atom. The first-order valence-electron chi connectivity index (χ1n) is 9.75. The molecule has 1 N–H and O–H groups in total. The minimum atomic E-state index is -3.53. The van der Waals surface area contributed by atoms with E-state index in [1.165, 1.54) is 28.6 Å². The Morgan fingerprint density at radius 1 is 1.00 bits per heavy atom. The normalized spacial score (nSPS) is 15.9. The zero-order valence-corrected chi connectivity index (χ0v) is 16.8. The van der Waals surface area contributed by atoms with Crippen LogP contribution in [-0.4, -0.2) is 41.7 Å². The summed E-state index contributed by atoms with van der Waals surface area (Å²) in [5, 5.41) is 0. The van der Waals surface area contributed by atoms with Crippen molar-refractivity contribution in [2.75, 3.05) is 13.1 Å². The van der Waals surface area contributed by atoms with E-state index in [4.69, 9.17) is 4.74 Å². The van der Waals surface area contributed by atoms with Gasteiger partial charge in [0.25, 0.3) is 0 Å². The number of aromatic amines is 1. The van der Waals surface area contributed by atoms with Gasteiger partial charge in [-0.15, -0.1) is 0 Å². The van der Waals surface area contributed by atoms with Gasteiger partial charge >= 0.3 is 5.97 Å². The fourth-order valence-corrected chi connectivity index (χ4v) is 5.00. The lowest BCUT2D eigenvalue weighted by Crippen LogP contribution is -2.31. The van der Waals surface area contributed by atoms with Crippen molar-refractivity contribution in [3.63, 3.8) is 0 Å². The van der Waals surface area contributed by atoms with Crippen molar-refractivity contribution in [3.8, 4) is 0 Å². The molecule has 29 heavy (non-hydrogen) atoms. The summed E-state index contributed by atoms with van der Waals surface area (Å²) in [6.07, 6.45) is 3.88. The van der Waals surface area contributed by atoms with Crippen LogP contribution in [0.25, 0.3) is 11.0 Å². The number of rotatable bonds is 5. The first-order valence-corrected chi connectivity index (χ1v) is 11.2. The number of benzene rings is 2. The number of nitrogens with one attached hydrogen (secondary N) is 1. The highest BCUT2D eigenvalue weighted by Crippen LogP contribution is 2.21. The summed E-state index contributed by atoms with van der Waals surface area (Å²) in [5.41, 5.74) is 1.99. The first kappa shape index (κ1) is 19.6. The van der Waals surface area contributed by atoms with Crippen LogP contribution < -0.4 is 0 Å². The van der Waals surface area contributed by atoms with Crippen LogP contribution in [0.4, 0.5) is 0 Å². The number of ether oxygens (including phenoxy) is 1. The Hall–Kier alpha value is -2.71. The lowest BCUT2D eigenvalue weighted by Gasteiger charge is -2.19. The Kier molecular flexibility index (Phi) is 5.64. The molecule has 4 rings (SSSR count). The maximum absolute atomic E-state index is 12.8. The van der Waals surface area contributed by atoms with Crippen molar-refractivity contribution in [2.45, 2.75) is 37.2 Å². The van der Waals surface area contributed by atoms with Crippen LogP contribution in [-0.2, 0) is 21.4 Å². The third-order valence-corrected chi connectivity index (χ3v) is 6.98. The molecule has 152 valence electrons. The van der Waals surface area contributed by atoms with Crippen molar-refractivity contribution < 1.29 is 17.9 Å². The highest BCUT2D eigenvalue weighted by Gasteiger charge is 2.25. The molecule has 0 amide bonds. The van der Waals surface area contributed by atoms with Gasteiger partial charge in [-0.1, -0.05) is 25.0 Å². The van der Waals surface area contributed by atoms with Gasteiger partial charge in [0, 0.05) is 13.1 Å². The van der Waals surface area contributed by atoms with E-state index in [1.54, 1.807) is 0 Å². The third-order valence-electron chi connectivity index (χ3n) is 5.07. The Morgan fingerprint density at radius 3 is 2.38 bits per heavy atom. The zero-order valence-electron chi connectivity index (χ0n) is 16.0. The summed E-state index contributed by atoms with van der Waals surface area (Å²) in [5.74, 6) is 0.0316. The Bertz CT molecular complexity index is 1070. The van der Waals surface area contributed by atoms with Crippen LogP contribution in [0, 0.1) is 0 Å². The molecule has 1 saturated heterocycles. The topological polar surface area (TPSA) is 92.4 Å². The largest absolute Gasteiger partial charge is 0.454 e. The number of hydrogen-bond donors (Lipinski definition) is 1. The molecule has 0 unspecified atom stereocenters. The van der Waals surface area contributed by atoms with Crippen molar-refractivity contribution in [3.05, 3.63) is 59.9 Å².